The highest BCUT2D eigenvalue weighted by Gasteiger charge is 2.33. The van der Waals surface area contributed by atoms with E-state index in [9.17, 15) is 9.59 Å². The van der Waals surface area contributed by atoms with Crippen molar-refractivity contribution in [3.8, 4) is 11.5 Å². The fourth-order valence-corrected chi connectivity index (χ4v) is 3.54. The van der Waals surface area contributed by atoms with Crippen molar-refractivity contribution in [2.24, 2.45) is 0 Å². The van der Waals surface area contributed by atoms with Crippen LogP contribution in [0.15, 0.2) is 18.2 Å². The van der Waals surface area contributed by atoms with Crippen molar-refractivity contribution in [2.75, 3.05) is 66.3 Å². The molecule has 2 aliphatic rings. The number of ketones is 1. The van der Waals surface area contributed by atoms with Gasteiger partial charge < -0.3 is 23.8 Å². The van der Waals surface area contributed by atoms with Gasteiger partial charge in [0.1, 0.15) is 6.04 Å². The molecule has 0 saturated carbocycles. The fraction of sp³-hybridized carbons (Fsp3) is 0.636. The summed E-state index contributed by atoms with van der Waals surface area (Å²) in [5.74, 6) is 0.512. The van der Waals surface area contributed by atoms with E-state index in [4.69, 9.17) is 23.8 Å². The van der Waals surface area contributed by atoms with Crippen LogP contribution in [0, 0.1) is 0 Å². The molecule has 2 fully saturated rings. The second-order valence-electron chi connectivity index (χ2n) is 7.46. The monoisotopic (exact) mass is 436 g/mol. The maximum Gasteiger partial charge on any atom is 0.342 e. The summed E-state index contributed by atoms with van der Waals surface area (Å²) in [6.45, 7) is 6.84. The topological polar surface area (TPSA) is 86.8 Å². The van der Waals surface area contributed by atoms with Gasteiger partial charge in [0.2, 0.25) is 0 Å². The summed E-state index contributed by atoms with van der Waals surface area (Å²) in [6, 6.07) is 4.43. The Morgan fingerprint density at radius 2 is 1.71 bits per heavy atom. The van der Waals surface area contributed by atoms with E-state index in [0.29, 0.717) is 76.3 Å². The van der Waals surface area contributed by atoms with Gasteiger partial charge in [-0.1, -0.05) is 6.92 Å². The third-order valence-electron chi connectivity index (χ3n) is 5.27. The van der Waals surface area contributed by atoms with Crippen LogP contribution in [-0.4, -0.2) is 94.1 Å². The van der Waals surface area contributed by atoms with Gasteiger partial charge in [0.15, 0.2) is 17.3 Å². The quantitative estimate of drug-likeness (QED) is 0.507. The third-order valence-corrected chi connectivity index (χ3v) is 5.27. The predicted octanol–water partition coefficient (Wildman–Crippen LogP) is 1.55. The fourth-order valence-electron chi connectivity index (χ4n) is 3.54. The zero-order valence-corrected chi connectivity index (χ0v) is 18.3. The number of ether oxygens (including phenoxy) is 4. The van der Waals surface area contributed by atoms with Gasteiger partial charge >= 0.3 is 5.97 Å². The lowest BCUT2D eigenvalue weighted by atomic mass is 10.0. The highest BCUT2D eigenvalue weighted by atomic mass is 16.7. The molecule has 3 rings (SSSR count). The summed E-state index contributed by atoms with van der Waals surface area (Å²) in [6.07, 6.45) is 0.887. The van der Waals surface area contributed by atoms with Crippen LogP contribution in [0.25, 0.3) is 0 Å². The first kappa shape index (κ1) is 23.5. The van der Waals surface area contributed by atoms with E-state index < -0.39 is 12.0 Å². The van der Waals surface area contributed by atoms with Crippen LogP contribution in [0.2, 0.25) is 0 Å². The Bertz CT molecular complexity index is 731. The lowest BCUT2D eigenvalue weighted by Gasteiger charge is -2.34. The summed E-state index contributed by atoms with van der Waals surface area (Å²) in [5, 5.41) is 1.60. The van der Waals surface area contributed by atoms with Crippen LogP contribution in [-0.2, 0) is 19.1 Å². The molecule has 0 amide bonds. The van der Waals surface area contributed by atoms with Crippen LogP contribution in [0.5, 0.6) is 11.5 Å². The van der Waals surface area contributed by atoms with Gasteiger partial charge in [-0.2, -0.15) is 0 Å². The molecule has 1 unspecified atom stereocenters. The number of benzene rings is 1. The van der Waals surface area contributed by atoms with E-state index >= 15 is 0 Å². The van der Waals surface area contributed by atoms with Gasteiger partial charge in [0.05, 0.1) is 53.2 Å². The molecule has 1 atom stereocenters. The maximum atomic E-state index is 13.1. The van der Waals surface area contributed by atoms with E-state index in [1.807, 2.05) is 11.8 Å². The minimum atomic E-state index is -0.679. The highest BCUT2D eigenvalue weighted by molar-refractivity contribution is 5.99. The Labute approximate surface area is 183 Å². The molecule has 172 valence electrons. The molecule has 2 aliphatic heterocycles. The van der Waals surface area contributed by atoms with E-state index in [0.717, 1.165) is 6.42 Å². The number of hydrogen-bond donors (Lipinski definition) is 0. The number of methoxy groups -OCH3 is 1. The molecule has 0 aliphatic carbocycles. The number of Topliss-reactive ketones (excluding diaryl/α,β-unsaturated/α-hetero) is 1. The predicted molar refractivity (Wildman–Crippen MR) is 112 cm³/mol. The molecule has 0 radical (unpaired) electrons. The maximum absolute atomic E-state index is 13.1. The Morgan fingerprint density at radius 1 is 1.03 bits per heavy atom. The zero-order valence-electron chi connectivity index (χ0n) is 18.3. The molecular weight excluding hydrogens is 404 g/mol. The minimum absolute atomic E-state index is 0.0154. The number of rotatable bonds is 10. The summed E-state index contributed by atoms with van der Waals surface area (Å²) in [4.78, 5) is 33.6. The van der Waals surface area contributed by atoms with Crippen LogP contribution in [0.1, 0.15) is 30.1 Å². The van der Waals surface area contributed by atoms with Crippen LogP contribution in [0.3, 0.4) is 0 Å². The van der Waals surface area contributed by atoms with Gasteiger partial charge in [-0.05, 0) is 24.6 Å². The minimum Gasteiger partial charge on any atom is -0.493 e. The second-order valence-corrected chi connectivity index (χ2v) is 7.46. The van der Waals surface area contributed by atoms with Crippen LogP contribution < -0.4 is 9.47 Å². The average molecular weight is 437 g/mol. The summed E-state index contributed by atoms with van der Waals surface area (Å²) >= 11 is 0. The first-order valence-corrected chi connectivity index (χ1v) is 10.8. The molecule has 2 heterocycles. The molecule has 1 aromatic rings. The normalized spacial score (nSPS) is 18.9. The lowest BCUT2D eigenvalue weighted by molar-refractivity contribution is -0.211. The van der Waals surface area contributed by atoms with Crippen molar-refractivity contribution in [3.63, 3.8) is 0 Å². The van der Waals surface area contributed by atoms with Gasteiger partial charge in [-0.3, -0.25) is 9.69 Å². The number of nitrogens with zero attached hydrogens (tertiary/aromatic N) is 2. The standard InChI is InChI=1S/C22H32N2O7/c1-3-10-30-20-5-4-17(15-21(20)27-2)19(25)16-18(23-6-11-28-12-7-23)22(26)31-24-8-13-29-14-9-24/h4-5,15,18H,3,6-14,16H2,1-2H3. The van der Waals surface area contributed by atoms with Gasteiger partial charge in [0, 0.05) is 25.1 Å². The molecule has 31 heavy (non-hydrogen) atoms. The number of morpholine rings is 2. The molecule has 0 N–H and O–H groups in total. The number of hydrogen-bond acceptors (Lipinski definition) is 9. The Kier molecular flexibility index (Phi) is 9.08. The van der Waals surface area contributed by atoms with E-state index in [1.54, 1.807) is 30.4 Å². The van der Waals surface area contributed by atoms with Crippen molar-refractivity contribution in [2.45, 2.75) is 25.8 Å². The summed E-state index contributed by atoms with van der Waals surface area (Å²) in [5.41, 5.74) is 0.470. The molecule has 0 aromatic heterocycles. The number of carbonyl (C=O) groups excluding carboxylic acids is 2. The largest absolute Gasteiger partial charge is 0.493 e. The Balaban J connectivity index is 1.71. The third kappa shape index (κ3) is 6.64. The molecule has 9 heteroatoms. The summed E-state index contributed by atoms with van der Waals surface area (Å²) in [7, 11) is 1.54. The van der Waals surface area contributed by atoms with E-state index in [2.05, 4.69) is 0 Å². The van der Waals surface area contributed by atoms with Gasteiger partial charge in [0.25, 0.3) is 0 Å². The second kappa shape index (κ2) is 12.0. The van der Waals surface area contributed by atoms with Crippen molar-refractivity contribution >= 4 is 11.8 Å². The Hall–Kier alpha value is -2.20. The highest BCUT2D eigenvalue weighted by Crippen LogP contribution is 2.29. The van der Waals surface area contributed by atoms with E-state index in [1.165, 1.54) is 0 Å². The van der Waals surface area contributed by atoms with Gasteiger partial charge in [-0.25, -0.2) is 4.79 Å². The van der Waals surface area contributed by atoms with Crippen molar-refractivity contribution in [1.29, 1.82) is 0 Å². The molecular formula is C22H32N2O7. The Morgan fingerprint density at radius 3 is 2.35 bits per heavy atom. The number of carbonyl (C=O) groups is 2. The van der Waals surface area contributed by atoms with Crippen LogP contribution >= 0.6 is 0 Å². The average Bonchev–Trinajstić information content (AvgIpc) is 2.82. The first-order valence-electron chi connectivity index (χ1n) is 10.8. The van der Waals surface area contributed by atoms with Crippen molar-refractivity contribution < 1.29 is 33.4 Å². The van der Waals surface area contributed by atoms with Crippen molar-refractivity contribution in [3.05, 3.63) is 23.8 Å². The van der Waals surface area contributed by atoms with Crippen molar-refractivity contribution in [1.82, 2.24) is 9.96 Å². The van der Waals surface area contributed by atoms with E-state index in [-0.39, 0.29) is 12.2 Å². The molecule has 9 nitrogen and oxygen atoms in total. The molecule has 0 bridgehead atoms. The van der Waals surface area contributed by atoms with Gasteiger partial charge in [-0.15, -0.1) is 5.06 Å². The molecule has 1 aromatic carbocycles. The smallest absolute Gasteiger partial charge is 0.342 e. The first-order chi connectivity index (χ1) is 15.1. The lowest BCUT2D eigenvalue weighted by Crippen LogP contribution is -2.51. The summed E-state index contributed by atoms with van der Waals surface area (Å²) < 4.78 is 21.8. The SMILES string of the molecule is CCCOc1ccc(C(=O)CC(C(=O)ON2CCOCC2)N2CCOCC2)cc1OC. The molecule has 0 spiro atoms. The zero-order chi connectivity index (χ0) is 22.1. The van der Waals surface area contributed by atoms with Crippen LogP contribution in [0.4, 0.5) is 0 Å². The number of hydroxylamine groups is 2. The molecule has 2 saturated heterocycles.